The molecule has 11 heteroatoms. The number of nitrogens with zero attached hydrogens (tertiary/aromatic N) is 2. The summed E-state index contributed by atoms with van der Waals surface area (Å²) in [7, 11) is -3.82. The molecule has 270 valence electrons. The number of hydrogen-bond donors (Lipinski definition) is 2. The Morgan fingerprint density at radius 1 is 1.20 bits per heavy atom. The number of allylic oxidation sites excluding steroid dienone is 1. The highest BCUT2D eigenvalue weighted by molar-refractivity contribution is 7.90. The molecule has 9 nitrogen and oxygen atoms in total. The number of aliphatic hydroxyl groups is 1. The topological polar surface area (TPSA) is 108 Å². The number of nitrogens with one attached hydrogen (secondary N) is 1. The van der Waals surface area contributed by atoms with Gasteiger partial charge in [-0.3, -0.25) is 9.69 Å². The van der Waals surface area contributed by atoms with Gasteiger partial charge in [-0.1, -0.05) is 42.5 Å². The molecule has 1 saturated heterocycles. The molecular formula is C39H50ClN3O6S. The highest BCUT2D eigenvalue weighted by atomic mass is 35.5. The number of anilines is 1. The van der Waals surface area contributed by atoms with E-state index in [0.717, 1.165) is 57.3 Å². The number of carbonyl (C=O) groups is 1. The first kappa shape index (κ1) is 36.7. The zero-order valence-corrected chi connectivity index (χ0v) is 31.0. The predicted molar refractivity (Wildman–Crippen MR) is 197 cm³/mol. The second kappa shape index (κ2) is 15.3. The predicted octanol–water partition coefficient (Wildman–Crippen LogP) is 5.34. The molecule has 2 aromatic carbocycles. The molecule has 0 bridgehead atoms. The van der Waals surface area contributed by atoms with Gasteiger partial charge in [-0.05, 0) is 106 Å². The summed E-state index contributed by atoms with van der Waals surface area (Å²) in [6.45, 7) is 10.5. The number of aryl methyl sites for hydroxylation is 1. The number of hydrogen-bond acceptors (Lipinski definition) is 8. The van der Waals surface area contributed by atoms with Gasteiger partial charge in [-0.2, -0.15) is 0 Å². The lowest BCUT2D eigenvalue weighted by atomic mass is 9.64. The third-order valence-corrected chi connectivity index (χ3v) is 12.8. The maximum Gasteiger partial charge on any atom is 0.264 e. The third-order valence-electron chi connectivity index (χ3n) is 10.9. The van der Waals surface area contributed by atoms with Crippen LogP contribution in [0.3, 0.4) is 0 Å². The maximum absolute atomic E-state index is 13.3. The van der Waals surface area contributed by atoms with Gasteiger partial charge in [0, 0.05) is 48.1 Å². The standard InChI is InChI=1S/C39H50ClN3O6S/c1-4-5-16-39(45,17-7-18-42-19-21-48-22-20-42)34-12-9-31(34)25-43-26-38(15-6-8-29-23-32(40)11-13-33(29)38)27-49-36-14-10-30(24-35(36)43)37(44)41-50(46,47)28(2)3/h5,10-11,13-14,16,23-24,28,31,34,45H,4,6,8-9,12,15,18-22,25-27H2,1-3H3,(H,41,44)/b16-5+/t31-,34+,38-,39-/m0/s1. The lowest BCUT2D eigenvalue weighted by Crippen LogP contribution is -2.52. The maximum atomic E-state index is 13.3. The zero-order chi connectivity index (χ0) is 35.5. The summed E-state index contributed by atoms with van der Waals surface area (Å²) in [5.41, 5.74) is 1.86. The molecular weight excluding hydrogens is 674 g/mol. The van der Waals surface area contributed by atoms with Crippen LogP contribution in [0.4, 0.5) is 5.69 Å². The van der Waals surface area contributed by atoms with Crippen molar-refractivity contribution in [2.75, 3.05) is 57.4 Å². The van der Waals surface area contributed by atoms with Crippen molar-refractivity contribution < 1.29 is 27.8 Å². The van der Waals surface area contributed by atoms with Gasteiger partial charge in [0.1, 0.15) is 11.4 Å². The minimum Gasteiger partial charge on any atom is -0.490 e. The largest absolute Gasteiger partial charge is 0.490 e. The van der Waals surface area contributed by atoms with E-state index in [2.05, 4.69) is 45.4 Å². The number of fused-ring (bicyclic) bond motifs is 3. The Morgan fingerprint density at radius 2 is 2.00 bits per heavy atom. The summed E-state index contributed by atoms with van der Waals surface area (Å²) >= 11 is 6.45. The van der Waals surface area contributed by atoms with E-state index in [1.54, 1.807) is 18.2 Å². The number of sulfonamides is 1. The molecule has 6 rings (SSSR count). The van der Waals surface area contributed by atoms with Crippen molar-refractivity contribution in [3.63, 3.8) is 0 Å². The van der Waals surface area contributed by atoms with Crippen LogP contribution >= 0.6 is 11.6 Å². The second-order valence-corrected chi connectivity index (χ2v) is 17.3. The third kappa shape index (κ3) is 7.88. The van der Waals surface area contributed by atoms with Crippen molar-refractivity contribution in [3.8, 4) is 17.6 Å². The number of carbonyl (C=O) groups excluding carboxylic acids is 1. The van der Waals surface area contributed by atoms with Crippen molar-refractivity contribution in [2.45, 2.75) is 75.6 Å². The van der Waals surface area contributed by atoms with Crippen molar-refractivity contribution >= 4 is 33.2 Å². The lowest BCUT2D eigenvalue weighted by Gasteiger charge is -2.47. The second-order valence-electron chi connectivity index (χ2n) is 14.6. The molecule has 0 unspecified atom stereocenters. The summed E-state index contributed by atoms with van der Waals surface area (Å²) in [5, 5.41) is 12.1. The van der Waals surface area contributed by atoms with E-state index >= 15 is 0 Å². The van der Waals surface area contributed by atoms with Gasteiger partial charge in [0.15, 0.2) is 0 Å². The summed E-state index contributed by atoms with van der Waals surface area (Å²) in [6.07, 6.45) is 9.33. The van der Waals surface area contributed by atoms with Crippen molar-refractivity contribution in [2.24, 2.45) is 11.8 Å². The van der Waals surface area contributed by atoms with Crippen LogP contribution in [-0.4, -0.2) is 87.7 Å². The van der Waals surface area contributed by atoms with Crippen molar-refractivity contribution in [1.82, 2.24) is 9.62 Å². The van der Waals surface area contributed by atoms with Crippen molar-refractivity contribution in [1.29, 1.82) is 0 Å². The molecule has 2 aliphatic carbocycles. The average molecular weight is 724 g/mol. The Bertz CT molecular complexity index is 1760. The van der Waals surface area contributed by atoms with Gasteiger partial charge in [-0.25, -0.2) is 13.1 Å². The van der Waals surface area contributed by atoms with E-state index in [-0.39, 0.29) is 22.8 Å². The molecule has 0 aromatic heterocycles. The Kier molecular flexibility index (Phi) is 11.2. The van der Waals surface area contributed by atoms with Gasteiger partial charge >= 0.3 is 0 Å². The minimum atomic E-state index is -3.82. The highest BCUT2D eigenvalue weighted by Gasteiger charge is 2.47. The zero-order valence-electron chi connectivity index (χ0n) is 29.4. The summed E-state index contributed by atoms with van der Waals surface area (Å²) in [5.74, 6) is 6.59. The van der Waals surface area contributed by atoms with Crippen LogP contribution in [0.1, 0.15) is 74.4 Å². The molecule has 1 saturated carbocycles. The Labute approximate surface area is 302 Å². The first-order valence-electron chi connectivity index (χ1n) is 18.0. The molecule has 0 radical (unpaired) electrons. The molecule has 1 amide bonds. The van der Waals surface area contributed by atoms with Gasteiger partial charge in [0.05, 0.1) is 37.3 Å². The van der Waals surface area contributed by atoms with Gasteiger partial charge in [0.25, 0.3) is 5.91 Å². The summed E-state index contributed by atoms with van der Waals surface area (Å²) in [6, 6.07) is 11.3. The quantitative estimate of drug-likeness (QED) is 0.264. The fraction of sp³-hybridized carbons (Fsp3) is 0.564. The van der Waals surface area contributed by atoms with E-state index in [1.807, 2.05) is 18.2 Å². The monoisotopic (exact) mass is 723 g/mol. The van der Waals surface area contributed by atoms with Crippen LogP contribution in [-0.2, 0) is 26.6 Å². The van der Waals surface area contributed by atoms with E-state index in [9.17, 15) is 18.3 Å². The fourth-order valence-corrected chi connectivity index (χ4v) is 8.63. The molecule has 2 N–H and O–H groups in total. The van der Waals surface area contributed by atoms with Crippen LogP contribution in [0, 0.1) is 23.7 Å². The molecule has 4 aliphatic rings. The summed E-state index contributed by atoms with van der Waals surface area (Å²) < 4.78 is 39.5. The normalized spacial score (nSPS) is 25.0. The smallest absolute Gasteiger partial charge is 0.264 e. The molecule has 1 spiro atoms. The van der Waals surface area contributed by atoms with Crippen LogP contribution < -0.4 is 14.4 Å². The lowest BCUT2D eigenvalue weighted by molar-refractivity contribution is -0.00333. The Balaban J connectivity index is 1.33. The SMILES string of the molecule is CC/C=C/[C@](O)(C#CCN1CCOCC1)[C@@H]1CC[C@H]1CN1C[C@@]2(CCCc3cc(Cl)ccc32)COc2ccc(C(=O)NS(=O)(=O)C(C)C)cc21. The number of amides is 1. The Morgan fingerprint density at radius 3 is 2.72 bits per heavy atom. The molecule has 2 fully saturated rings. The first-order valence-corrected chi connectivity index (χ1v) is 19.9. The number of rotatable bonds is 9. The van der Waals surface area contributed by atoms with Gasteiger partial charge in [-0.15, -0.1) is 0 Å². The van der Waals surface area contributed by atoms with Crippen LogP contribution in [0.5, 0.6) is 5.75 Å². The van der Waals surface area contributed by atoms with Crippen LogP contribution in [0.2, 0.25) is 5.02 Å². The number of morpholine rings is 1. The molecule has 50 heavy (non-hydrogen) atoms. The fourth-order valence-electron chi connectivity index (χ4n) is 7.82. The van der Waals surface area contributed by atoms with E-state index in [1.165, 1.54) is 25.0 Å². The molecule has 4 atom stereocenters. The van der Waals surface area contributed by atoms with E-state index in [0.29, 0.717) is 50.2 Å². The average Bonchev–Trinajstić information content (AvgIpc) is 3.22. The van der Waals surface area contributed by atoms with Crippen molar-refractivity contribution in [3.05, 3.63) is 70.3 Å². The highest BCUT2D eigenvalue weighted by Crippen LogP contribution is 2.48. The molecule has 2 aromatic rings. The first-order chi connectivity index (χ1) is 23.9. The van der Waals surface area contributed by atoms with E-state index in [4.69, 9.17) is 21.1 Å². The van der Waals surface area contributed by atoms with Crippen LogP contribution in [0.25, 0.3) is 0 Å². The number of ether oxygens (including phenoxy) is 2. The number of benzene rings is 2. The minimum absolute atomic E-state index is 0.0776. The Hall–Kier alpha value is -3.07. The summed E-state index contributed by atoms with van der Waals surface area (Å²) in [4.78, 5) is 17.9. The molecule has 2 heterocycles. The number of halogens is 1. The van der Waals surface area contributed by atoms with E-state index < -0.39 is 26.8 Å². The van der Waals surface area contributed by atoms with Gasteiger partial charge in [0.2, 0.25) is 10.0 Å². The molecule has 2 aliphatic heterocycles. The van der Waals surface area contributed by atoms with Gasteiger partial charge < -0.3 is 19.5 Å². The van der Waals surface area contributed by atoms with Crippen LogP contribution in [0.15, 0.2) is 48.6 Å².